The maximum atomic E-state index is 12.1. The maximum Gasteiger partial charge on any atom is 0.339 e. The van der Waals surface area contributed by atoms with Crippen molar-refractivity contribution in [2.75, 3.05) is 0 Å². The van der Waals surface area contributed by atoms with E-state index in [-0.39, 0.29) is 15.7 Å². The van der Waals surface area contributed by atoms with Crippen LogP contribution in [0.25, 0.3) is 10.8 Å². The molecule has 3 rings (SSSR count). The van der Waals surface area contributed by atoms with Crippen molar-refractivity contribution in [1.82, 2.24) is 10.2 Å². The number of thiophene rings is 2. The van der Waals surface area contributed by atoms with Crippen molar-refractivity contribution in [2.45, 2.75) is 17.2 Å². The Morgan fingerprint density at radius 3 is 2.79 bits per heavy atom. The maximum absolute atomic E-state index is 12.1. The average Bonchev–Trinajstić information content (AvgIpc) is 3.25. The highest BCUT2D eigenvalue weighted by atomic mass is 32.2. The summed E-state index contributed by atoms with van der Waals surface area (Å²) in [6.07, 6.45) is -0.781. The Morgan fingerprint density at radius 1 is 1.38 bits per heavy atom. The quantitative estimate of drug-likeness (QED) is 0.668. The Morgan fingerprint density at radius 2 is 2.17 bits per heavy atom. The van der Waals surface area contributed by atoms with Gasteiger partial charge in [0.05, 0.1) is 10.4 Å². The van der Waals surface area contributed by atoms with Crippen LogP contribution in [0.4, 0.5) is 0 Å². The highest BCUT2D eigenvalue weighted by molar-refractivity contribution is 7.91. The van der Waals surface area contributed by atoms with Crippen LogP contribution in [0.1, 0.15) is 29.3 Å². The first-order valence-electron chi connectivity index (χ1n) is 6.54. The molecule has 0 aromatic carbocycles. The van der Waals surface area contributed by atoms with Crippen molar-refractivity contribution in [3.05, 3.63) is 40.4 Å². The van der Waals surface area contributed by atoms with E-state index in [0.29, 0.717) is 5.89 Å². The van der Waals surface area contributed by atoms with Gasteiger partial charge >= 0.3 is 5.97 Å². The van der Waals surface area contributed by atoms with Gasteiger partial charge in [-0.3, -0.25) is 0 Å². The minimum Gasteiger partial charge on any atom is -0.449 e. The highest BCUT2D eigenvalue weighted by Crippen LogP contribution is 2.27. The lowest BCUT2D eigenvalue weighted by Crippen LogP contribution is -2.11. The average molecular weight is 385 g/mol. The molecule has 0 aliphatic carbocycles. The number of sulfonamides is 1. The van der Waals surface area contributed by atoms with Gasteiger partial charge in [0, 0.05) is 5.38 Å². The molecule has 0 amide bonds. The van der Waals surface area contributed by atoms with Gasteiger partial charge in [0.1, 0.15) is 4.21 Å². The normalized spacial score (nSPS) is 12.9. The standard InChI is InChI=1S/C13H11N3O5S3/c1-7(11-15-16-12(21-11)9-3-2-4-22-9)20-13(17)8-5-10(23-6-8)24(14,18)19/h2-7H,1H3,(H2,14,18,19). The lowest BCUT2D eigenvalue weighted by atomic mass is 10.3. The SMILES string of the molecule is CC(OC(=O)c1csc(S(N)(=O)=O)c1)c1nnc(-c2cccs2)o1. The molecular weight excluding hydrogens is 374 g/mol. The van der Waals surface area contributed by atoms with E-state index in [1.807, 2.05) is 17.5 Å². The molecule has 0 saturated heterocycles. The number of rotatable bonds is 5. The largest absolute Gasteiger partial charge is 0.449 e. The zero-order chi connectivity index (χ0) is 17.3. The Balaban J connectivity index is 1.71. The van der Waals surface area contributed by atoms with Crippen molar-refractivity contribution in [3.8, 4) is 10.8 Å². The smallest absolute Gasteiger partial charge is 0.339 e. The predicted molar refractivity (Wildman–Crippen MR) is 87.1 cm³/mol. The van der Waals surface area contributed by atoms with Crippen LogP contribution >= 0.6 is 22.7 Å². The monoisotopic (exact) mass is 385 g/mol. The predicted octanol–water partition coefficient (Wildman–Crippen LogP) is 2.43. The van der Waals surface area contributed by atoms with Crippen LogP contribution < -0.4 is 5.14 Å². The molecule has 2 N–H and O–H groups in total. The summed E-state index contributed by atoms with van der Waals surface area (Å²) in [6, 6.07) is 4.85. The van der Waals surface area contributed by atoms with E-state index >= 15 is 0 Å². The first kappa shape index (κ1) is 16.8. The fourth-order valence-electron chi connectivity index (χ4n) is 1.75. The molecule has 1 unspecified atom stereocenters. The van der Waals surface area contributed by atoms with E-state index < -0.39 is 22.1 Å². The molecule has 11 heteroatoms. The van der Waals surface area contributed by atoms with E-state index in [9.17, 15) is 13.2 Å². The molecule has 0 radical (unpaired) electrons. The van der Waals surface area contributed by atoms with Crippen molar-refractivity contribution >= 4 is 38.7 Å². The van der Waals surface area contributed by atoms with Gasteiger partial charge in [0.2, 0.25) is 10.0 Å². The van der Waals surface area contributed by atoms with Gasteiger partial charge in [-0.1, -0.05) is 6.07 Å². The third-order valence-electron chi connectivity index (χ3n) is 2.90. The van der Waals surface area contributed by atoms with Crippen molar-refractivity contribution in [3.63, 3.8) is 0 Å². The Hall–Kier alpha value is -2.08. The van der Waals surface area contributed by atoms with Gasteiger partial charge in [-0.15, -0.1) is 32.9 Å². The molecule has 0 bridgehead atoms. The number of carbonyl (C=O) groups is 1. The van der Waals surface area contributed by atoms with Gasteiger partial charge < -0.3 is 9.15 Å². The number of nitrogens with zero attached hydrogens (tertiary/aromatic N) is 2. The van der Waals surface area contributed by atoms with Crippen molar-refractivity contribution in [2.24, 2.45) is 5.14 Å². The molecule has 0 aliphatic heterocycles. The minimum atomic E-state index is -3.85. The van der Waals surface area contributed by atoms with Crippen molar-refractivity contribution < 1.29 is 22.4 Å². The molecule has 126 valence electrons. The highest BCUT2D eigenvalue weighted by Gasteiger charge is 2.22. The van der Waals surface area contributed by atoms with Crippen LogP contribution in [0, 0.1) is 0 Å². The summed E-state index contributed by atoms with van der Waals surface area (Å²) in [5, 5.41) is 16.0. The molecular formula is C13H11N3O5S3. The van der Waals surface area contributed by atoms with E-state index in [4.69, 9.17) is 14.3 Å². The Bertz CT molecular complexity index is 959. The minimum absolute atomic E-state index is 0.0915. The van der Waals surface area contributed by atoms with Gasteiger partial charge in [-0.05, 0) is 24.4 Å². The summed E-state index contributed by atoms with van der Waals surface area (Å²) < 4.78 is 33.1. The number of esters is 1. The zero-order valence-electron chi connectivity index (χ0n) is 12.2. The van der Waals surface area contributed by atoms with Crippen LogP contribution in [-0.4, -0.2) is 24.6 Å². The second-order valence-corrected chi connectivity index (χ2v) is 8.32. The van der Waals surface area contributed by atoms with E-state index in [0.717, 1.165) is 16.2 Å². The van der Waals surface area contributed by atoms with Crippen molar-refractivity contribution in [1.29, 1.82) is 0 Å². The molecule has 0 fully saturated rings. The van der Waals surface area contributed by atoms with E-state index in [1.165, 1.54) is 22.8 Å². The summed E-state index contributed by atoms with van der Waals surface area (Å²) in [5.41, 5.74) is 0.0915. The first-order valence-corrected chi connectivity index (χ1v) is 9.85. The summed E-state index contributed by atoms with van der Waals surface area (Å²) in [7, 11) is -3.85. The molecule has 0 aliphatic rings. The number of carbonyl (C=O) groups excluding carboxylic acids is 1. The fraction of sp³-hybridized carbons (Fsp3) is 0.154. The second-order valence-electron chi connectivity index (χ2n) is 4.67. The van der Waals surface area contributed by atoms with Gasteiger partial charge in [0.25, 0.3) is 11.8 Å². The fourth-order valence-corrected chi connectivity index (χ4v) is 3.97. The second kappa shape index (κ2) is 6.43. The lowest BCUT2D eigenvalue weighted by molar-refractivity contribution is 0.0280. The number of aromatic nitrogens is 2. The van der Waals surface area contributed by atoms with Crippen LogP contribution in [0.15, 0.2) is 37.6 Å². The number of primary sulfonamides is 1. The molecule has 8 nitrogen and oxygen atoms in total. The Kier molecular flexibility index (Phi) is 4.49. The third kappa shape index (κ3) is 3.53. The third-order valence-corrected chi connectivity index (χ3v) is 6.14. The summed E-state index contributed by atoms with van der Waals surface area (Å²) in [4.78, 5) is 12.9. The molecule has 3 aromatic rings. The van der Waals surface area contributed by atoms with Crippen LogP contribution in [0.2, 0.25) is 0 Å². The Labute approximate surface area is 144 Å². The molecule has 3 heterocycles. The molecule has 24 heavy (non-hydrogen) atoms. The van der Waals surface area contributed by atoms with Crippen LogP contribution in [0.5, 0.6) is 0 Å². The van der Waals surface area contributed by atoms with E-state index in [2.05, 4.69) is 10.2 Å². The topological polar surface area (TPSA) is 125 Å². The van der Waals surface area contributed by atoms with Crippen LogP contribution in [0.3, 0.4) is 0 Å². The zero-order valence-corrected chi connectivity index (χ0v) is 14.7. The van der Waals surface area contributed by atoms with Gasteiger partial charge in [0.15, 0.2) is 6.10 Å². The molecule has 3 aromatic heterocycles. The van der Waals surface area contributed by atoms with Gasteiger partial charge in [-0.25, -0.2) is 18.4 Å². The summed E-state index contributed by atoms with van der Waals surface area (Å²) in [5.74, 6) is -0.215. The van der Waals surface area contributed by atoms with E-state index in [1.54, 1.807) is 6.92 Å². The molecule has 0 spiro atoms. The molecule has 0 saturated carbocycles. The summed E-state index contributed by atoms with van der Waals surface area (Å²) >= 11 is 2.29. The number of ether oxygens (including phenoxy) is 1. The number of hydrogen-bond acceptors (Lipinski definition) is 9. The van der Waals surface area contributed by atoms with Crippen LogP contribution in [-0.2, 0) is 14.8 Å². The van der Waals surface area contributed by atoms with Gasteiger partial charge in [-0.2, -0.15) is 0 Å². The number of nitrogens with two attached hydrogens (primary N) is 1. The lowest BCUT2D eigenvalue weighted by Gasteiger charge is -2.07. The first-order chi connectivity index (χ1) is 11.3. The summed E-state index contributed by atoms with van der Waals surface area (Å²) in [6.45, 7) is 1.58. The molecule has 1 atom stereocenters. The number of hydrogen-bond donors (Lipinski definition) is 1.